The van der Waals surface area contributed by atoms with Gasteiger partial charge in [-0.05, 0) is 24.1 Å². The summed E-state index contributed by atoms with van der Waals surface area (Å²) in [5.74, 6) is -0.145. The maximum absolute atomic E-state index is 12.7. The van der Waals surface area contributed by atoms with Crippen molar-refractivity contribution >= 4 is 5.91 Å². The fourth-order valence-corrected chi connectivity index (χ4v) is 3.71. The zero-order valence-corrected chi connectivity index (χ0v) is 16.8. The van der Waals surface area contributed by atoms with Crippen molar-refractivity contribution < 1.29 is 9.53 Å². The van der Waals surface area contributed by atoms with Crippen LogP contribution in [0.1, 0.15) is 38.3 Å². The van der Waals surface area contributed by atoms with Gasteiger partial charge in [-0.1, -0.05) is 44.2 Å². The van der Waals surface area contributed by atoms with Gasteiger partial charge in [-0.25, -0.2) is 0 Å². The van der Waals surface area contributed by atoms with E-state index in [9.17, 15) is 9.59 Å². The molecule has 3 N–H and O–H groups in total. The van der Waals surface area contributed by atoms with E-state index < -0.39 is 11.0 Å². The Morgan fingerprint density at radius 2 is 1.89 bits per heavy atom. The van der Waals surface area contributed by atoms with Crippen LogP contribution in [-0.2, 0) is 22.6 Å². The van der Waals surface area contributed by atoms with Crippen molar-refractivity contribution in [2.75, 3.05) is 6.61 Å². The highest BCUT2D eigenvalue weighted by molar-refractivity contribution is 5.88. The SMILES string of the molecule is CCOC1CC(N)(C(=O)NCc2ccc(Cn3ccccc3=O)cc2)C1(C)C. The number of carbonyl (C=O) groups excluding carboxylic acids is 1. The van der Waals surface area contributed by atoms with E-state index in [2.05, 4.69) is 5.32 Å². The van der Waals surface area contributed by atoms with Gasteiger partial charge in [0, 0.05) is 37.3 Å². The van der Waals surface area contributed by atoms with E-state index in [1.807, 2.05) is 51.1 Å². The number of pyridine rings is 1. The van der Waals surface area contributed by atoms with Gasteiger partial charge in [0.2, 0.25) is 5.91 Å². The predicted octanol–water partition coefficient (Wildman–Crippen LogP) is 2.05. The number of carbonyl (C=O) groups is 1. The number of hydrogen-bond donors (Lipinski definition) is 2. The van der Waals surface area contributed by atoms with Crippen molar-refractivity contribution in [3.8, 4) is 0 Å². The number of ether oxygens (including phenoxy) is 1. The third-order valence-electron chi connectivity index (χ3n) is 5.96. The van der Waals surface area contributed by atoms with Crippen molar-refractivity contribution in [2.24, 2.45) is 11.1 Å². The lowest BCUT2D eigenvalue weighted by atomic mass is 9.54. The number of aromatic nitrogens is 1. The molecule has 0 bridgehead atoms. The van der Waals surface area contributed by atoms with Gasteiger partial charge in [0.25, 0.3) is 5.56 Å². The van der Waals surface area contributed by atoms with Crippen LogP contribution in [0.3, 0.4) is 0 Å². The normalized spacial score (nSPS) is 23.1. The van der Waals surface area contributed by atoms with Gasteiger partial charge in [-0.3, -0.25) is 9.59 Å². The summed E-state index contributed by atoms with van der Waals surface area (Å²) in [7, 11) is 0. The summed E-state index contributed by atoms with van der Waals surface area (Å²) in [5, 5.41) is 2.96. The van der Waals surface area contributed by atoms with E-state index in [1.54, 1.807) is 22.9 Å². The smallest absolute Gasteiger partial charge is 0.250 e. The van der Waals surface area contributed by atoms with Crippen LogP contribution in [-0.4, -0.2) is 28.7 Å². The standard InChI is InChI=1S/C22H29N3O3/c1-4-28-18-13-22(23,21(18,2)3)20(27)24-14-16-8-10-17(11-9-16)15-25-12-6-5-7-19(25)26/h5-12,18H,4,13-15,23H2,1-3H3,(H,24,27). The van der Waals surface area contributed by atoms with Crippen LogP contribution < -0.4 is 16.6 Å². The van der Waals surface area contributed by atoms with Crippen molar-refractivity contribution in [1.29, 1.82) is 0 Å². The summed E-state index contributed by atoms with van der Waals surface area (Å²) in [6, 6.07) is 13.0. The fraction of sp³-hybridized carbons (Fsp3) is 0.455. The van der Waals surface area contributed by atoms with Crippen LogP contribution in [0.4, 0.5) is 0 Å². The zero-order valence-electron chi connectivity index (χ0n) is 16.8. The topological polar surface area (TPSA) is 86.3 Å². The summed E-state index contributed by atoms with van der Waals surface area (Å²) in [5.41, 5.74) is 7.08. The van der Waals surface area contributed by atoms with Gasteiger partial charge in [0.1, 0.15) is 5.54 Å². The van der Waals surface area contributed by atoms with Gasteiger partial charge in [-0.15, -0.1) is 0 Å². The second-order valence-corrected chi connectivity index (χ2v) is 8.01. The molecule has 1 heterocycles. The Bertz CT molecular complexity index is 888. The molecule has 0 aliphatic heterocycles. The molecule has 0 spiro atoms. The zero-order chi connectivity index (χ0) is 20.4. The quantitative estimate of drug-likeness (QED) is 0.766. The number of rotatable bonds is 7. The van der Waals surface area contributed by atoms with E-state index in [0.717, 1.165) is 11.1 Å². The van der Waals surface area contributed by atoms with Crippen molar-refractivity contribution in [3.63, 3.8) is 0 Å². The monoisotopic (exact) mass is 383 g/mol. The first-order valence-corrected chi connectivity index (χ1v) is 9.70. The van der Waals surface area contributed by atoms with E-state index in [-0.39, 0.29) is 17.6 Å². The molecule has 1 aromatic heterocycles. The Morgan fingerprint density at radius 1 is 1.21 bits per heavy atom. The molecule has 6 heteroatoms. The molecule has 1 aromatic carbocycles. The predicted molar refractivity (Wildman–Crippen MR) is 109 cm³/mol. The average molecular weight is 383 g/mol. The van der Waals surface area contributed by atoms with E-state index >= 15 is 0 Å². The Kier molecular flexibility index (Phi) is 5.72. The number of nitrogens with two attached hydrogens (primary N) is 1. The second-order valence-electron chi connectivity index (χ2n) is 8.01. The minimum atomic E-state index is -0.915. The molecule has 1 saturated carbocycles. The molecule has 1 aliphatic carbocycles. The summed E-state index contributed by atoms with van der Waals surface area (Å²) in [6.45, 7) is 7.47. The van der Waals surface area contributed by atoms with Crippen molar-refractivity contribution in [3.05, 3.63) is 70.1 Å². The minimum absolute atomic E-state index is 0.00826. The Balaban J connectivity index is 1.57. The highest BCUT2D eigenvalue weighted by Crippen LogP contribution is 2.49. The van der Waals surface area contributed by atoms with Gasteiger partial charge in [-0.2, -0.15) is 0 Å². The molecule has 28 heavy (non-hydrogen) atoms. The summed E-state index contributed by atoms with van der Waals surface area (Å²) < 4.78 is 7.34. The molecule has 1 fully saturated rings. The maximum Gasteiger partial charge on any atom is 0.250 e. The van der Waals surface area contributed by atoms with Gasteiger partial charge in [0.05, 0.1) is 12.6 Å². The summed E-state index contributed by atoms with van der Waals surface area (Å²) in [4.78, 5) is 24.5. The van der Waals surface area contributed by atoms with Crippen LogP contribution in [0.15, 0.2) is 53.5 Å². The van der Waals surface area contributed by atoms with Crippen LogP contribution in [0.2, 0.25) is 0 Å². The molecule has 150 valence electrons. The average Bonchev–Trinajstić information content (AvgIpc) is 2.68. The third-order valence-corrected chi connectivity index (χ3v) is 5.96. The lowest BCUT2D eigenvalue weighted by Crippen LogP contribution is -2.75. The van der Waals surface area contributed by atoms with E-state index in [0.29, 0.717) is 26.1 Å². The molecular weight excluding hydrogens is 354 g/mol. The molecule has 2 atom stereocenters. The highest BCUT2D eigenvalue weighted by atomic mass is 16.5. The highest BCUT2D eigenvalue weighted by Gasteiger charge is 2.62. The number of amides is 1. The number of nitrogens with zero attached hydrogens (tertiary/aromatic N) is 1. The first-order chi connectivity index (χ1) is 13.3. The number of benzene rings is 1. The lowest BCUT2D eigenvalue weighted by Gasteiger charge is -2.57. The molecular formula is C22H29N3O3. The summed E-state index contributed by atoms with van der Waals surface area (Å²) in [6.07, 6.45) is 2.31. The molecule has 6 nitrogen and oxygen atoms in total. The lowest BCUT2D eigenvalue weighted by molar-refractivity contribution is -0.170. The van der Waals surface area contributed by atoms with Gasteiger partial charge >= 0.3 is 0 Å². The Hall–Kier alpha value is -2.44. The molecule has 3 rings (SSSR count). The third kappa shape index (κ3) is 3.75. The van der Waals surface area contributed by atoms with Crippen LogP contribution in [0, 0.1) is 5.41 Å². The first kappa shape index (κ1) is 20.3. The molecule has 0 radical (unpaired) electrons. The second kappa shape index (κ2) is 7.89. The maximum atomic E-state index is 12.7. The van der Waals surface area contributed by atoms with Crippen LogP contribution >= 0.6 is 0 Å². The van der Waals surface area contributed by atoms with Crippen LogP contribution in [0.25, 0.3) is 0 Å². The van der Waals surface area contributed by atoms with Gasteiger partial charge < -0.3 is 20.4 Å². The van der Waals surface area contributed by atoms with Gasteiger partial charge in [0.15, 0.2) is 0 Å². The fourth-order valence-electron chi connectivity index (χ4n) is 3.71. The minimum Gasteiger partial charge on any atom is -0.378 e. The van der Waals surface area contributed by atoms with E-state index in [1.165, 1.54) is 0 Å². The molecule has 2 aromatic rings. The van der Waals surface area contributed by atoms with Crippen molar-refractivity contribution in [1.82, 2.24) is 9.88 Å². The molecule has 2 unspecified atom stereocenters. The Labute approximate surface area is 165 Å². The molecule has 1 aliphatic rings. The number of nitrogens with one attached hydrogen (secondary N) is 1. The largest absolute Gasteiger partial charge is 0.378 e. The molecule has 1 amide bonds. The van der Waals surface area contributed by atoms with Crippen LogP contribution in [0.5, 0.6) is 0 Å². The Morgan fingerprint density at radius 3 is 2.50 bits per heavy atom. The molecule has 0 saturated heterocycles. The van der Waals surface area contributed by atoms with Crippen molar-refractivity contribution in [2.45, 2.75) is 51.9 Å². The summed E-state index contributed by atoms with van der Waals surface area (Å²) >= 11 is 0. The number of hydrogen-bond acceptors (Lipinski definition) is 4. The van der Waals surface area contributed by atoms with E-state index in [4.69, 9.17) is 10.5 Å². The first-order valence-electron chi connectivity index (χ1n) is 9.70.